The lowest BCUT2D eigenvalue weighted by molar-refractivity contribution is 0.578. The molecule has 2 N–H and O–H groups in total. The standard InChI is InChI=1S/C12H15N5S/c1-12(2,3)10-16-17-11(18-10)15-9(13)8-4-6-14-7-5-8/h4-7H,1-3H3,(H2,13,15,17). The van der Waals surface area contributed by atoms with Gasteiger partial charge in [0, 0.05) is 23.4 Å². The average Bonchev–Trinajstić information content (AvgIpc) is 2.78. The number of aliphatic imine (C=N–C) groups is 1. The summed E-state index contributed by atoms with van der Waals surface area (Å²) >= 11 is 1.46. The van der Waals surface area contributed by atoms with Gasteiger partial charge in [0.2, 0.25) is 5.13 Å². The fourth-order valence-corrected chi connectivity index (χ4v) is 2.04. The van der Waals surface area contributed by atoms with Gasteiger partial charge in [-0.05, 0) is 12.1 Å². The van der Waals surface area contributed by atoms with Crippen molar-refractivity contribution in [3.05, 3.63) is 35.1 Å². The summed E-state index contributed by atoms with van der Waals surface area (Å²) in [6, 6.07) is 3.62. The normalized spacial score (nSPS) is 12.7. The van der Waals surface area contributed by atoms with Crippen LogP contribution in [0, 0.1) is 0 Å². The number of aromatic nitrogens is 3. The van der Waals surface area contributed by atoms with Crippen LogP contribution in [0.2, 0.25) is 0 Å². The van der Waals surface area contributed by atoms with Crippen LogP contribution in [-0.2, 0) is 5.41 Å². The van der Waals surface area contributed by atoms with E-state index in [2.05, 4.69) is 40.9 Å². The minimum Gasteiger partial charge on any atom is -0.383 e. The summed E-state index contributed by atoms with van der Waals surface area (Å²) in [4.78, 5) is 8.21. The van der Waals surface area contributed by atoms with Crippen LogP contribution in [0.3, 0.4) is 0 Å². The molecule has 0 saturated carbocycles. The number of hydrogen-bond acceptors (Lipinski definition) is 5. The van der Waals surface area contributed by atoms with E-state index in [0.717, 1.165) is 10.6 Å². The summed E-state index contributed by atoms with van der Waals surface area (Å²) in [5.74, 6) is 0.425. The maximum Gasteiger partial charge on any atom is 0.233 e. The Morgan fingerprint density at radius 2 is 1.89 bits per heavy atom. The molecule has 0 unspecified atom stereocenters. The van der Waals surface area contributed by atoms with Crippen LogP contribution >= 0.6 is 11.3 Å². The summed E-state index contributed by atoms with van der Waals surface area (Å²) < 4.78 is 0. The summed E-state index contributed by atoms with van der Waals surface area (Å²) in [5.41, 5.74) is 6.72. The number of hydrogen-bond donors (Lipinski definition) is 1. The Balaban J connectivity index is 2.26. The second-order valence-electron chi connectivity index (χ2n) is 4.87. The van der Waals surface area contributed by atoms with Gasteiger partial charge in [-0.15, -0.1) is 10.2 Å². The zero-order valence-electron chi connectivity index (χ0n) is 10.6. The van der Waals surface area contributed by atoms with Crippen molar-refractivity contribution < 1.29 is 0 Å². The highest BCUT2D eigenvalue weighted by molar-refractivity contribution is 7.15. The molecule has 2 heterocycles. The van der Waals surface area contributed by atoms with Crippen LogP contribution in [0.5, 0.6) is 0 Å². The number of nitrogens with zero attached hydrogens (tertiary/aromatic N) is 4. The van der Waals surface area contributed by atoms with Crippen molar-refractivity contribution in [3.8, 4) is 0 Å². The van der Waals surface area contributed by atoms with E-state index >= 15 is 0 Å². The molecular weight excluding hydrogens is 246 g/mol. The Morgan fingerprint density at radius 1 is 1.22 bits per heavy atom. The van der Waals surface area contributed by atoms with Crippen molar-refractivity contribution in [2.45, 2.75) is 26.2 Å². The van der Waals surface area contributed by atoms with Gasteiger partial charge in [-0.25, -0.2) is 4.99 Å². The fraction of sp³-hybridized carbons (Fsp3) is 0.333. The van der Waals surface area contributed by atoms with E-state index < -0.39 is 0 Å². The number of pyridine rings is 1. The molecule has 94 valence electrons. The first-order valence-corrected chi connectivity index (χ1v) is 6.37. The van der Waals surface area contributed by atoms with Crippen LogP contribution in [0.1, 0.15) is 31.3 Å². The van der Waals surface area contributed by atoms with Crippen LogP contribution in [0.25, 0.3) is 0 Å². The quantitative estimate of drug-likeness (QED) is 0.664. The molecule has 0 spiro atoms. The summed E-state index contributed by atoms with van der Waals surface area (Å²) in [6.45, 7) is 6.27. The van der Waals surface area contributed by atoms with E-state index in [4.69, 9.17) is 5.73 Å². The van der Waals surface area contributed by atoms with Crippen LogP contribution in [0.4, 0.5) is 5.13 Å². The van der Waals surface area contributed by atoms with Gasteiger partial charge in [-0.2, -0.15) is 0 Å². The average molecular weight is 261 g/mol. The van der Waals surface area contributed by atoms with E-state index in [1.807, 2.05) is 12.1 Å². The van der Waals surface area contributed by atoms with Crippen LogP contribution < -0.4 is 5.73 Å². The third-order valence-electron chi connectivity index (χ3n) is 2.25. The highest BCUT2D eigenvalue weighted by atomic mass is 32.1. The first-order chi connectivity index (χ1) is 8.47. The fourth-order valence-electron chi connectivity index (χ4n) is 1.25. The molecular formula is C12H15N5S. The van der Waals surface area contributed by atoms with E-state index in [1.54, 1.807) is 12.4 Å². The molecule has 5 nitrogen and oxygen atoms in total. The van der Waals surface area contributed by atoms with E-state index in [9.17, 15) is 0 Å². The first kappa shape index (κ1) is 12.6. The number of rotatable bonds is 2. The topological polar surface area (TPSA) is 77.0 Å². The van der Waals surface area contributed by atoms with E-state index in [-0.39, 0.29) is 5.41 Å². The Bertz CT molecular complexity index is 553. The van der Waals surface area contributed by atoms with Crippen LogP contribution in [0.15, 0.2) is 29.5 Å². The van der Waals surface area contributed by atoms with Gasteiger partial charge in [0.15, 0.2) is 0 Å². The SMILES string of the molecule is CC(C)(C)c1nnc(/N=C(\N)c2ccncc2)s1. The molecule has 0 fully saturated rings. The summed E-state index contributed by atoms with van der Waals surface area (Å²) in [5, 5.41) is 9.69. The zero-order chi connectivity index (χ0) is 13.2. The van der Waals surface area contributed by atoms with Crippen molar-refractivity contribution in [3.63, 3.8) is 0 Å². The van der Waals surface area contributed by atoms with Gasteiger partial charge < -0.3 is 5.73 Å². The van der Waals surface area contributed by atoms with Gasteiger partial charge in [-0.1, -0.05) is 32.1 Å². The van der Waals surface area contributed by atoms with Gasteiger partial charge in [0.05, 0.1) is 0 Å². The van der Waals surface area contributed by atoms with Crippen molar-refractivity contribution in [2.75, 3.05) is 0 Å². The Kier molecular flexibility index (Phi) is 3.38. The minimum absolute atomic E-state index is 0.0170. The second kappa shape index (κ2) is 4.81. The van der Waals surface area contributed by atoms with Gasteiger partial charge in [-0.3, -0.25) is 4.98 Å². The molecule has 0 radical (unpaired) electrons. The van der Waals surface area contributed by atoms with E-state index in [0.29, 0.717) is 11.0 Å². The minimum atomic E-state index is -0.0170. The largest absolute Gasteiger partial charge is 0.383 e. The molecule has 0 saturated heterocycles. The summed E-state index contributed by atoms with van der Waals surface area (Å²) in [7, 11) is 0. The van der Waals surface area contributed by atoms with Crippen molar-refractivity contribution in [1.82, 2.24) is 15.2 Å². The molecule has 0 aliphatic heterocycles. The molecule has 18 heavy (non-hydrogen) atoms. The molecule has 0 aromatic carbocycles. The highest BCUT2D eigenvalue weighted by Crippen LogP contribution is 2.29. The predicted molar refractivity (Wildman–Crippen MR) is 73.2 cm³/mol. The maximum absolute atomic E-state index is 5.91. The van der Waals surface area contributed by atoms with E-state index in [1.165, 1.54) is 11.3 Å². The molecule has 2 aromatic heterocycles. The molecule has 0 atom stereocenters. The monoisotopic (exact) mass is 261 g/mol. The van der Waals surface area contributed by atoms with Crippen molar-refractivity contribution >= 4 is 22.3 Å². The predicted octanol–water partition coefficient (Wildman–Crippen LogP) is 2.27. The zero-order valence-corrected chi connectivity index (χ0v) is 11.4. The second-order valence-corrected chi connectivity index (χ2v) is 5.83. The lowest BCUT2D eigenvalue weighted by atomic mass is 9.98. The van der Waals surface area contributed by atoms with Gasteiger partial charge >= 0.3 is 0 Å². The third kappa shape index (κ3) is 2.89. The third-order valence-corrected chi connectivity index (χ3v) is 3.49. The molecule has 0 bridgehead atoms. The Labute approximate surface area is 110 Å². The smallest absolute Gasteiger partial charge is 0.233 e. The molecule has 0 aliphatic rings. The first-order valence-electron chi connectivity index (χ1n) is 5.55. The lowest BCUT2D eigenvalue weighted by Gasteiger charge is -2.11. The Hall–Kier alpha value is -1.82. The van der Waals surface area contributed by atoms with Gasteiger partial charge in [0.1, 0.15) is 10.8 Å². The number of nitrogens with two attached hydrogens (primary N) is 1. The Morgan fingerprint density at radius 3 is 2.44 bits per heavy atom. The molecule has 0 aliphatic carbocycles. The van der Waals surface area contributed by atoms with Crippen molar-refractivity contribution in [2.24, 2.45) is 10.7 Å². The van der Waals surface area contributed by atoms with Gasteiger partial charge in [0.25, 0.3) is 0 Å². The van der Waals surface area contributed by atoms with Crippen molar-refractivity contribution in [1.29, 1.82) is 0 Å². The molecule has 0 amide bonds. The number of amidine groups is 1. The van der Waals surface area contributed by atoms with Crippen LogP contribution in [-0.4, -0.2) is 21.0 Å². The highest BCUT2D eigenvalue weighted by Gasteiger charge is 2.19. The molecule has 2 aromatic rings. The summed E-state index contributed by atoms with van der Waals surface area (Å²) in [6.07, 6.45) is 3.36. The maximum atomic E-state index is 5.91. The molecule has 2 rings (SSSR count). The lowest BCUT2D eigenvalue weighted by Crippen LogP contribution is -2.12. The molecule has 6 heteroatoms.